The van der Waals surface area contributed by atoms with Crippen LogP contribution in [0.25, 0.3) is 0 Å². The van der Waals surface area contributed by atoms with Crippen LogP contribution in [0.5, 0.6) is 0 Å². The topological polar surface area (TPSA) is 68.5 Å². The maximum absolute atomic E-state index is 11.7. The summed E-state index contributed by atoms with van der Waals surface area (Å²) in [5.74, 6) is -0.484. The van der Waals surface area contributed by atoms with E-state index >= 15 is 0 Å². The van der Waals surface area contributed by atoms with Crippen molar-refractivity contribution in [3.63, 3.8) is 0 Å². The summed E-state index contributed by atoms with van der Waals surface area (Å²) >= 11 is 0. The van der Waals surface area contributed by atoms with E-state index in [0.29, 0.717) is 17.0 Å². The van der Waals surface area contributed by atoms with Crippen molar-refractivity contribution >= 4 is 17.6 Å². The molecule has 2 rings (SSSR count). The number of aryl methyl sites for hydroxylation is 2. The molecule has 0 aliphatic heterocycles. The highest BCUT2D eigenvalue weighted by molar-refractivity contribution is 5.95. The molecule has 0 atom stereocenters. The minimum absolute atomic E-state index is 0.329. The van der Waals surface area contributed by atoms with E-state index in [1.165, 1.54) is 17.9 Å². The summed E-state index contributed by atoms with van der Waals surface area (Å²) in [6.45, 7) is 3.38. The number of hydrogen-bond acceptors (Lipinski definition) is 4. The molecule has 1 N–H and O–H groups in total. The maximum Gasteiger partial charge on any atom is 0.342 e. The van der Waals surface area contributed by atoms with Crippen molar-refractivity contribution in [2.75, 3.05) is 11.9 Å². The van der Waals surface area contributed by atoms with Crippen LogP contribution in [0.1, 0.15) is 28.6 Å². The second kappa shape index (κ2) is 6.74. The molecule has 1 amide bonds. The summed E-state index contributed by atoms with van der Waals surface area (Å²) in [6, 6.07) is 9.03. The Hall–Kier alpha value is -2.56. The fourth-order valence-corrected chi connectivity index (χ4v) is 1.83. The van der Waals surface area contributed by atoms with Gasteiger partial charge in [0, 0.05) is 5.69 Å². The van der Waals surface area contributed by atoms with E-state index in [-0.39, 0.29) is 12.5 Å². The van der Waals surface area contributed by atoms with Gasteiger partial charge in [-0.3, -0.25) is 4.79 Å². The Morgan fingerprint density at radius 1 is 1.19 bits per heavy atom. The molecule has 1 aromatic carbocycles. The van der Waals surface area contributed by atoms with Gasteiger partial charge in [-0.25, -0.2) is 4.79 Å². The van der Waals surface area contributed by atoms with Gasteiger partial charge >= 0.3 is 5.97 Å². The molecule has 1 heterocycles. The summed E-state index contributed by atoms with van der Waals surface area (Å²) in [4.78, 5) is 23.4. The molecule has 2 aromatic rings. The molecule has 1 aromatic heterocycles. The van der Waals surface area contributed by atoms with Crippen molar-refractivity contribution in [1.29, 1.82) is 0 Å². The number of ether oxygens (including phenoxy) is 1. The summed E-state index contributed by atoms with van der Waals surface area (Å²) < 4.78 is 9.94. The van der Waals surface area contributed by atoms with E-state index in [0.717, 1.165) is 6.42 Å². The van der Waals surface area contributed by atoms with E-state index < -0.39 is 5.97 Å². The van der Waals surface area contributed by atoms with Gasteiger partial charge in [-0.1, -0.05) is 19.1 Å². The Kier molecular flexibility index (Phi) is 4.77. The number of amides is 1. The number of nitrogens with one attached hydrogen (secondary N) is 1. The van der Waals surface area contributed by atoms with Gasteiger partial charge in [-0.2, -0.15) is 0 Å². The number of hydrogen-bond donors (Lipinski definition) is 1. The minimum atomic E-state index is -0.572. The van der Waals surface area contributed by atoms with E-state index in [1.807, 2.05) is 24.3 Å². The van der Waals surface area contributed by atoms with Crippen LogP contribution in [-0.4, -0.2) is 18.5 Å². The third-order valence-electron chi connectivity index (χ3n) is 3.06. The summed E-state index contributed by atoms with van der Waals surface area (Å²) in [5, 5.41) is 2.67. The van der Waals surface area contributed by atoms with E-state index in [2.05, 4.69) is 12.2 Å². The Labute approximate surface area is 122 Å². The molecule has 21 heavy (non-hydrogen) atoms. The number of carbonyl (C=O) groups is 2. The van der Waals surface area contributed by atoms with Crippen LogP contribution in [-0.2, 0) is 16.0 Å². The second-order valence-corrected chi connectivity index (χ2v) is 4.57. The molecule has 0 spiro atoms. The third kappa shape index (κ3) is 3.95. The fourth-order valence-electron chi connectivity index (χ4n) is 1.83. The third-order valence-corrected chi connectivity index (χ3v) is 3.06. The van der Waals surface area contributed by atoms with Gasteiger partial charge in [-0.05, 0) is 37.1 Å². The van der Waals surface area contributed by atoms with Crippen molar-refractivity contribution < 1.29 is 18.7 Å². The van der Waals surface area contributed by atoms with E-state index in [4.69, 9.17) is 9.15 Å². The highest BCUT2D eigenvalue weighted by atomic mass is 16.5. The summed E-state index contributed by atoms with van der Waals surface area (Å²) in [5.41, 5.74) is 2.19. The maximum atomic E-state index is 11.7. The van der Waals surface area contributed by atoms with Crippen molar-refractivity contribution in [3.05, 3.63) is 53.5 Å². The van der Waals surface area contributed by atoms with Crippen LogP contribution in [0, 0.1) is 6.92 Å². The van der Waals surface area contributed by atoms with Crippen LogP contribution in [0.15, 0.2) is 41.0 Å². The highest BCUT2D eigenvalue weighted by Crippen LogP contribution is 2.11. The van der Waals surface area contributed by atoms with Crippen LogP contribution >= 0.6 is 0 Å². The van der Waals surface area contributed by atoms with Gasteiger partial charge in [0.25, 0.3) is 5.91 Å². The first kappa shape index (κ1) is 14.8. The first-order chi connectivity index (χ1) is 10.1. The Balaban J connectivity index is 1.84. The normalized spacial score (nSPS) is 10.2. The largest absolute Gasteiger partial charge is 0.469 e. The zero-order chi connectivity index (χ0) is 15.2. The lowest BCUT2D eigenvalue weighted by Gasteiger charge is -2.07. The predicted molar refractivity (Wildman–Crippen MR) is 78.2 cm³/mol. The lowest BCUT2D eigenvalue weighted by molar-refractivity contribution is -0.119. The smallest absolute Gasteiger partial charge is 0.342 e. The summed E-state index contributed by atoms with van der Waals surface area (Å²) in [7, 11) is 0. The van der Waals surface area contributed by atoms with Crippen LogP contribution in [0.4, 0.5) is 5.69 Å². The van der Waals surface area contributed by atoms with Gasteiger partial charge in [0.1, 0.15) is 11.3 Å². The standard InChI is InChI=1S/C16H17NO4/c1-3-12-4-6-13(7-5-12)17-15(18)10-21-16(19)14-8-9-20-11(14)2/h4-9H,3,10H2,1-2H3,(H,17,18). The van der Waals surface area contributed by atoms with Crippen LogP contribution in [0.3, 0.4) is 0 Å². The van der Waals surface area contributed by atoms with Gasteiger partial charge < -0.3 is 14.5 Å². The number of rotatable bonds is 5. The molecule has 5 heteroatoms. The summed E-state index contributed by atoms with van der Waals surface area (Å²) in [6.07, 6.45) is 2.34. The quantitative estimate of drug-likeness (QED) is 0.858. The highest BCUT2D eigenvalue weighted by Gasteiger charge is 2.14. The van der Waals surface area contributed by atoms with Crippen molar-refractivity contribution in [1.82, 2.24) is 0 Å². The number of anilines is 1. The van der Waals surface area contributed by atoms with Gasteiger partial charge in [0.2, 0.25) is 0 Å². The molecule has 110 valence electrons. The average molecular weight is 287 g/mol. The molecule has 0 fully saturated rings. The van der Waals surface area contributed by atoms with Crippen LogP contribution < -0.4 is 5.32 Å². The SMILES string of the molecule is CCc1ccc(NC(=O)COC(=O)c2ccoc2C)cc1. The molecular formula is C16H17NO4. The molecule has 0 aliphatic carbocycles. The van der Waals surface area contributed by atoms with E-state index in [9.17, 15) is 9.59 Å². The zero-order valence-corrected chi connectivity index (χ0v) is 12.0. The molecule has 0 bridgehead atoms. The molecule has 0 aliphatic rings. The van der Waals surface area contributed by atoms with Crippen molar-refractivity contribution in [2.24, 2.45) is 0 Å². The average Bonchev–Trinajstić information content (AvgIpc) is 2.92. The molecule has 0 saturated heterocycles. The van der Waals surface area contributed by atoms with Gasteiger partial charge in [0.15, 0.2) is 6.61 Å². The molecule has 0 unspecified atom stereocenters. The number of furan rings is 1. The molecule has 0 saturated carbocycles. The molecular weight excluding hydrogens is 270 g/mol. The van der Waals surface area contributed by atoms with Crippen molar-refractivity contribution in [3.8, 4) is 0 Å². The van der Waals surface area contributed by atoms with Crippen molar-refractivity contribution in [2.45, 2.75) is 20.3 Å². The predicted octanol–water partition coefficient (Wildman–Crippen LogP) is 2.95. The number of esters is 1. The zero-order valence-electron chi connectivity index (χ0n) is 12.0. The first-order valence-electron chi connectivity index (χ1n) is 6.70. The lowest BCUT2D eigenvalue weighted by atomic mass is 10.1. The van der Waals surface area contributed by atoms with E-state index in [1.54, 1.807) is 6.92 Å². The van der Waals surface area contributed by atoms with Gasteiger partial charge in [-0.15, -0.1) is 0 Å². The Bertz CT molecular complexity index is 628. The van der Waals surface area contributed by atoms with Gasteiger partial charge in [0.05, 0.1) is 6.26 Å². The Morgan fingerprint density at radius 3 is 2.48 bits per heavy atom. The first-order valence-corrected chi connectivity index (χ1v) is 6.70. The monoisotopic (exact) mass is 287 g/mol. The molecule has 0 radical (unpaired) electrons. The Morgan fingerprint density at radius 2 is 1.90 bits per heavy atom. The lowest BCUT2D eigenvalue weighted by Crippen LogP contribution is -2.21. The fraction of sp³-hybridized carbons (Fsp3) is 0.250. The van der Waals surface area contributed by atoms with Crippen LogP contribution in [0.2, 0.25) is 0 Å². The molecule has 5 nitrogen and oxygen atoms in total. The number of benzene rings is 1. The number of carbonyl (C=O) groups excluding carboxylic acids is 2. The minimum Gasteiger partial charge on any atom is -0.469 e. The second-order valence-electron chi connectivity index (χ2n) is 4.57.